The molecule has 2 amide bonds. The Bertz CT molecular complexity index is 420. The number of nitrogens with one attached hydrogen (secondary N) is 2. The monoisotopic (exact) mass is 285 g/mol. The maximum absolute atomic E-state index is 11.8. The van der Waals surface area contributed by atoms with Gasteiger partial charge in [-0.3, -0.25) is 9.59 Å². The standard InChI is InChI=1S/C13H19N3O2.ClH/c1-3-15-12(17)9(2)16-13(18)11-6-4-10(8-14)5-7-11;/h4-7,9H,3,8,14H2,1-2H3,(H,15,17)(H,16,18);1H. The van der Waals surface area contributed by atoms with E-state index in [4.69, 9.17) is 5.73 Å². The van der Waals surface area contributed by atoms with E-state index in [9.17, 15) is 9.59 Å². The summed E-state index contributed by atoms with van der Waals surface area (Å²) in [5, 5.41) is 5.29. The molecule has 1 aromatic carbocycles. The first-order chi connectivity index (χ1) is 8.58. The molecule has 0 fully saturated rings. The van der Waals surface area contributed by atoms with Gasteiger partial charge in [0.1, 0.15) is 6.04 Å². The van der Waals surface area contributed by atoms with Gasteiger partial charge in [0.05, 0.1) is 0 Å². The number of hydrogen-bond donors (Lipinski definition) is 3. The molecule has 1 unspecified atom stereocenters. The average molecular weight is 286 g/mol. The first-order valence-electron chi connectivity index (χ1n) is 5.96. The van der Waals surface area contributed by atoms with Crippen molar-refractivity contribution in [2.75, 3.05) is 6.54 Å². The predicted octanol–water partition coefficient (Wildman–Crippen LogP) is 0.821. The van der Waals surface area contributed by atoms with E-state index in [2.05, 4.69) is 10.6 Å². The summed E-state index contributed by atoms with van der Waals surface area (Å²) in [4.78, 5) is 23.3. The number of halogens is 1. The van der Waals surface area contributed by atoms with Crippen LogP contribution in [0.25, 0.3) is 0 Å². The number of carbonyl (C=O) groups is 2. The van der Waals surface area contributed by atoms with Crippen molar-refractivity contribution in [3.05, 3.63) is 35.4 Å². The van der Waals surface area contributed by atoms with Gasteiger partial charge < -0.3 is 16.4 Å². The highest BCUT2D eigenvalue weighted by Crippen LogP contribution is 2.04. The predicted molar refractivity (Wildman–Crippen MR) is 77.2 cm³/mol. The van der Waals surface area contributed by atoms with E-state index in [1.165, 1.54) is 0 Å². The zero-order chi connectivity index (χ0) is 13.5. The molecule has 0 aliphatic heterocycles. The zero-order valence-corrected chi connectivity index (χ0v) is 11.9. The van der Waals surface area contributed by atoms with Crippen molar-refractivity contribution in [3.8, 4) is 0 Å². The molecule has 6 heteroatoms. The minimum Gasteiger partial charge on any atom is -0.355 e. The Morgan fingerprint density at radius 1 is 1.26 bits per heavy atom. The van der Waals surface area contributed by atoms with Crippen molar-refractivity contribution in [3.63, 3.8) is 0 Å². The van der Waals surface area contributed by atoms with Crippen molar-refractivity contribution >= 4 is 24.2 Å². The van der Waals surface area contributed by atoms with Crippen LogP contribution in [0.3, 0.4) is 0 Å². The fraction of sp³-hybridized carbons (Fsp3) is 0.385. The summed E-state index contributed by atoms with van der Waals surface area (Å²) in [5.41, 5.74) is 6.95. The van der Waals surface area contributed by atoms with Gasteiger partial charge in [-0.15, -0.1) is 12.4 Å². The normalized spacial score (nSPS) is 11.1. The molecule has 0 bridgehead atoms. The lowest BCUT2D eigenvalue weighted by atomic mass is 10.1. The lowest BCUT2D eigenvalue weighted by Crippen LogP contribution is -2.44. The quantitative estimate of drug-likeness (QED) is 0.749. The van der Waals surface area contributed by atoms with Crippen molar-refractivity contribution in [2.45, 2.75) is 26.4 Å². The summed E-state index contributed by atoms with van der Waals surface area (Å²) in [7, 11) is 0. The first kappa shape index (κ1) is 17.4. The van der Waals surface area contributed by atoms with E-state index in [1.54, 1.807) is 31.2 Å². The second-order valence-corrected chi connectivity index (χ2v) is 3.99. The largest absolute Gasteiger partial charge is 0.355 e. The number of amides is 2. The Balaban J connectivity index is 0.00000324. The van der Waals surface area contributed by atoms with Crippen LogP contribution in [0.5, 0.6) is 0 Å². The van der Waals surface area contributed by atoms with Crippen LogP contribution in [-0.4, -0.2) is 24.4 Å². The molecule has 106 valence electrons. The third-order valence-electron chi connectivity index (χ3n) is 2.54. The van der Waals surface area contributed by atoms with Crippen molar-refractivity contribution < 1.29 is 9.59 Å². The topological polar surface area (TPSA) is 84.2 Å². The minimum atomic E-state index is -0.549. The van der Waals surface area contributed by atoms with Gasteiger partial charge in [0.25, 0.3) is 5.91 Å². The summed E-state index contributed by atoms with van der Waals surface area (Å²) in [5.74, 6) is -0.457. The summed E-state index contributed by atoms with van der Waals surface area (Å²) < 4.78 is 0. The molecule has 1 rings (SSSR count). The Morgan fingerprint density at radius 3 is 2.32 bits per heavy atom. The van der Waals surface area contributed by atoms with Crippen LogP contribution in [0, 0.1) is 0 Å². The third kappa shape index (κ3) is 5.28. The molecule has 0 heterocycles. The molecule has 1 atom stereocenters. The Hall–Kier alpha value is -1.59. The van der Waals surface area contributed by atoms with Gasteiger partial charge >= 0.3 is 0 Å². The highest BCUT2D eigenvalue weighted by Gasteiger charge is 2.15. The number of rotatable bonds is 5. The molecule has 0 aliphatic carbocycles. The Morgan fingerprint density at radius 2 is 1.84 bits per heavy atom. The molecular weight excluding hydrogens is 266 g/mol. The zero-order valence-electron chi connectivity index (χ0n) is 11.1. The lowest BCUT2D eigenvalue weighted by molar-refractivity contribution is -0.122. The molecule has 0 radical (unpaired) electrons. The summed E-state index contributed by atoms with van der Waals surface area (Å²) in [6.07, 6.45) is 0. The van der Waals surface area contributed by atoms with E-state index >= 15 is 0 Å². The molecule has 4 N–H and O–H groups in total. The number of carbonyl (C=O) groups excluding carboxylic acids is 2. The smallest absolute Gasteiger partial charge is 0.251 e. The van der Waals surface area contributed by atoms with Gasteiger partial charge in [0, 0.05) is 18.7 Å². The van der Waals surface area contributed by atoms with Gasteiger partial charge in [-0.2, -0.15) is 0 Å². The van der Waals surface area contributed by atoms with Crippen LogP contribution >= 0.6 is 12.4 Å². The minimum absolute atomic E-state index is 0. The summed E-state index contributed by atoms with van der Waals surface area (Å²) in [6.45, 7) is 4.47. The van der Waals surface area contributed by atoms with Crippen LogP contribution in [0.1, 0.15) is 29.8 Å². The molecule has 0 saturated heterocycles. The second-order valence-electron chi connectivity index (χ2n) is 3.99. The lowest BCUT2D eigenvalue weighted by Gasteiger charge is -2.13. The highest BCUT2D eigenvalue weighted by molar-refractivity contribution is 5.97. The van der Waals surface area contributed by atoms with E-state index in [0.717, 1.165) is 5.56 Å². The van der Waals surface area contributed by atoms with E-state index in [0.29, 0.717) is 18.7 Å². The van der Waals surface area contributed by atoms with Crippen molar-refractivity contribution in [1.29, 1.82) is 0 Å². The van der Waals surface area contributed by atoms with E-state index < -0.39 is 6.04 Å². The fourth-order valence-electron chi connectivity index (χ4n) is 1.47. The summed E-state index contributed by atoms with van der Waals surface area (Å²) in [6, 6.07) is 6.44. The second kappa shape index (κ2) is 8.50. The van der Waals surface area contributed by atoms with Crippen molar-refractivity contribution in [2.24, 2.45) is 5.73 Å². The van der Waals surface area contributed by atoms with Gasteiger partial charge in [0.2, 0.25) is 5.91 Å². The van der Waals surface area contributed by atoms with Crippen LogP contribution in [0.4, 0.5) is 0 Å². The molecule has 0 aromatic heterocycles. The number of benzene rings is 1. The van der Waals surface area contributed by atoms with Gasteiger partial charge in [-0.1, -0.05) is 12.1 Å². The van der Waals surface area contributed by atoms with Gasteiger partial charge in [-0.05, 0) is 31.5 Å². The molecule has 19 heavy (non-hydrogen) atoms. The number of nitrogens with two attached hydrogens (primary N) is 1. The highest BCUT2D eigenvalue weighted by atomic mass is 35.5. The Kier molecular flexibility index (Phi) is 7.79. The fourth-order valence-corrected chi connectivity index (χ4v) is 1.47. The van der Waals surface area contributed by atoms with Gasteiger partial charge in [-0.25, -0.2) is 0 Å². The van der Waals surface area contributed by atoms with Gasteiger partial charge in [0.15, 0.2) is 0 Å². The molecule has 0 aliphatic rings. The van der Waals surface area contributed by atoms with Crippen molar-refractivity contribution in [1.82, 2.24) is 10.6 Å². The van der Waals surface area contributed by atoms with E-state index in [-0.39, 0.29) is 24.2 Å². The average Bonchev–Trinajstić information content (AvgIpc) is 2.39. The van der Waals surface area contributed by atoms with Crippen LogP contribution in [0.15, 0.2) is 24.3 Å². The maximum Gasteiger partial charge on any atom is 0.251 e. The number of hydrogen-bond acceptors (Lipinski definition) is 3. The van der Waals surface area contributed by atoms with E-state index in [1.807, 2.05) is 6.92 Å². The third-order valence-corrected chi connectivity index (χ3v) is 2.54. The molecule has 0 spiro atoms. The van der Waals surface area contributed by atoms with Crippen LogP contribution < -0.4 is 16.4 Å². The maximum atomic E-state index is 11.8. The number of likely N-dealkylation sites (N-methyl/N-ethyl adjacent to an activating group) is 1. The molecular formula is C13H20ClN3O2. The first-order valence-corrected chi connectivity index (χ1v) is 5.96. The molecule has 0 saturated carbocycles. The molecule has 1 aromatic rings. The Labute approximate surface area is 119 Å². The molecule has 5 nitrogen and oxygen atoms in total. The summed E-state index contributed by atoms with van der Waals surface area (Å²) >= 11 is 0. The SMILES string of the molecule is CCNC(=O)C(C)NC(=O)c1ccc(CN)cc1.Cl. The van der Waals surface area contributed by atoms with Crippen LogP contribution in [-0.2, 0) is 11.3 Å². The van der Waals surface area contributed by atoms with Crippen LogP contribution in [0.2, 0.25) is 0 Å².